The second-order valence-corrected chi connectivity index (χ2v) is 4.09. The third kappa shape index (κ3) is 2.14. The molecule has 0 spiro atoms. The van der Waals surface area contributed by atoms with Gasteiger partial charge in [-0.05, 0) is 32.0 Å². The van der Waals surface area contributed by atoms with Crippen LogP contribution in [0, 0.1) is 6.92 Å². The molecule has 0 fully saturated rings. The molecule has 1 aromatic heterocycles. The van der Waals surface area contributed by atoms with E-state index in [2.05, 4.69) is 5.10 Å². The molecule has 18 heavy (non-hydrogen) atoms. The lowest BCUT2D eigenvalue weighted by molar-refractivity contribution is 0.111. The highest BCUT2D eigenvalue weighted by Crippen LogP contribution is 2.30. The monoisotopic (exact) mass is 244 g/mol. The molecule has 0 atom stereocenters. The lowest BCUT2D eigenvalue weighted by Crippen LogP contribution is -2.01. The fourth-order valence-corrected chi connectivity index (χ4v) is 1.93. The number of methoxy groups -OCH3 is 1. The summed E-state index contributed by atoms with van der Waals surface area (Å²) in [6.07, 6.45) is 0.822. The van der Waals surface area contributed by atoms with Crippen molar-refractivity contribution in [3.63, 3.8) is 0 Å². The molecule has 94 valence electrons. The Morgan fingerprint density at radius 3 is 2.72 bits per heavy atom. The first-order valence-corrected chi connectivity index (χ1v) is 5.87. The van der Waals surface area contributed by atoms with Crippen LogP contribution in [0.3, 0.4) is 0 Å². The third-order valence-corrected chi connectivity index (χ3v) is 2.86. The molecule has 1 heterocycles. The zero-order valence-electron chi connectivity index (χ0n) is 10.8. The number of ether oxygens (including phenoxy) is 1. The number of hydrogen-bond acceptors (Lipinski definition) is 3. The molecule has 2 rings (SSSR count). The van der Waals surface area contributed by atoms with Crippen LogP contribution in [0.15, 0.2) is 24.3 Å². The van der Waals surface area contributed by atoms with Gasteiger partial charge in [-0.1, -0.05) is 11.6 Å². The first-order valence-electron chi connectivity index (χ1n) is 5.87. The van der Waals surface area contributed by atoms with Crippen molar-refractivity contribution in [3.8, 4) is 17.0 Å². The van der Waals surface area contributed by atoms with Crippen molar-refractivity contribution in [1.82, 2.24) is 9.78 Å². The Kier molecular flexibility index (Phi) is 3.46. The Hall–Kier alpha value is -2.10. The maximum absolute atomic E-state index is 11.0. The van der Waals surface area contributed by atoms with Gasteiger partial charge in [0, 0.05) is 12.1 Å². The van der Waals surface area contributed by atoms with Crippen LogP contribution in [0.25, 0.3) is 11.3 Å². The highest BCUT2D eigenvalue weighted by Gasteiger charge is 2.12. The van der Waals surface area contributed by atoms with Crippen molar-refractivity contribution < 1.29 is 9.53 Å². The number of hydrogen-bond donors (Lipinski definition) is 0. The molecular weight excluding hydrogens is 228 g/mol. The topological polar surface area (TPSA) is 44.1 Å². The van der Waals surface area contributed by atoms with Crippen molar-refractivity contribution in [2.45, 2.75) is 20.4 Å². The van der Waals surface area contributed by atoms with Gasteiger partial charge in [0.2, 0.25) is 0 Å². The summed E-state index contributed by atoms with van der Waals surface area (Å²) in [5.74, 6) is 0.763. The van der Waals surface area contributed by atoms with Crippen LogP contribution < -0.4 is 4.74 Å². The predicted molar refractivity (Wildman–Crippen MR) is 70.0 cm³/mol. The SMILES string of the molecule is CCn1nc(-c2cc(C)ccc2OC)cc1C=O. The van der Waals surface area contributed by atoms with E-state index in [0.717, 1.165) is 28.9 Å². The van der Waals surface area contributed by atoms with Crippen molar-refractivity contribution in [2.24, 2.45) is 0 Å². The van der Waals surface area contributed by atoms with Crippen LogP contribution in [0.1, 0.15) is 23.0 Å². The predicted octanol–water partition coefficient (Wildman–Crippen LogP) is 2.70. The van der Waals surface area contributed by atoms with Crippen molar-refractivity contribution in [2.75, 3.05) is 7.11 Å². The number of benzene rings is 1. The fraction of sp³-hybridized carbons (Fsp3) is 0.286. The molecule has 0 unspecified atom stereocenters. The molecule has 0 saturated heterocycles. The summed E-state index contributed by atoms with van der Waals surface area (Å²) in [5, 5.41) is 4.42. The van der Waals surface area contributed by atoms with Gasteiger partial charge in [0.05, 0.1) is 12.8 Å². The van der Waals surface area contributed by atoms with Crippen LogP contribution in [-0.2, 0) is 6.54 Å². The second-order valence-electron chi connectivity index (χ2n) is 4.09. The standard InChI is InChI=1S/C14H16N2O2/c1-4-16-11(9-17)8-13(15-16)12-7-10(2)5-6-14(12)18-3/h5-9H,4H2,1-3H3. The van der Waals surface area contributed by atoms with Gasteiger partial charge in [0.1, 0.15) is 11.4 Å². The van der Waals surface area contributed by atoms with Gasteiger partial charge in [-0.2, -0.15) is 5.10 Å². The van der Waals surface area contributed by atoms with Crippen molar-refractivity contribution >= 4 is 6.29 Å². The minimum atomic E-state index is 0.580. The number of aryl methyl sites for hydroxylation is 2. The zero-order valence-corrected chi connectivity index (χ0v) is 10.8. The quantitative estimate of drug-likeness (QED) is 0.777. The molecule has 2 aromatic rings. The molecule has 0 amide bonds. The van der Waals surface area contributed by atoms with Gasteiger partial charge in [0.15, 0.2) is 6.29 Å². The van der Waals surface area contributed by atoms with E-state index in [0.29, 0.717) is 12.2 Å². The summed E-state index contributed by atoms with van der Waals surface area (Å²) in [6, 6.07) is 7.69. The molecule has 1 aromatic carbocycles. The Labute approximate surface area is 106 Å². The van der Waals surface area contributed by atoms with E-state index in [1.165, 1.54) is 0 Å². The molecule has 4 heteroatoms. The number of rotatable bonds is 4. The summed E-state index contributed by atoms with van der Waals surface area (Å²) in [7, 11) is 1.63. The number of carbonyl (C=O) groups is 1. The second kappa shape index (κ2) is 5.04. The number of aldehydes is 1. The molecule has 0 aliphatic heterocycles. The smallest absolute Gasteiger partial charge is 0.168 e. The van der Waals surface area contributed by atoms with E-state index in [1.54, 1.807) is 17.9 Å². The maximum Gasteiger partial charge on any atom is 0.168 e. The van der Waals surface area contributed by atoms with Crippen LogP contribution >= 0.6 is 0 Å². The molecular formula is C14H16N2O2. The molecule has 0 radical (unpaired) electrons. The Balaban J connectivity index is 2.57. The zero-order chi connectivity index (χ0) is 13.1. The van der Waals surface area contributed by atoms with Gasteiger partial charge in [0.25, 0.3) is 0 Å². The third-order valence-electron chi connectivity index (χ3n) is 2.86. The van der Waals surface area contributed by atoms with E-state index in [4.69, 9.17) is 4.74 Å². The molecule has 0 bridgehead atoms. The van der Waals surface area contributed by atoms with Gasteiger partial charge >= 0.3 is 0 Å². The van der Waals surface area contributed by atoms with Gasteiger partial charge in [-0.15, -0.1) is 0 Å². The Morgan fingerprint density at radius 1 is 1.39 bits per heavy atom. The molecule has 4 nitrogen and oxygen atoms in total. The van der Waals surface area contributed by atoms with Crippen LogP contribution in [0.4, 0.5) is 0 Å². The van der Waals surface area contributed by atoms with Crippen LogP contribution in [0.2, 0.25) is 0 Å². The summed E-state index contributed by atoms with van der Waals surface area (Å²) in [4.78, 5) is 11.0. The number of aromatic nitrogens is 2. The number of nitrogens with zero attached hydrogens (tertiary/aromatic N) is 2. The highest BCUT2D eigenvalue weighted by molar-refractivity contribution is 5.77. The van der Waals surface area contributed by atoms with Gasteiger partial charge in [-0.25, -0.2) is 0 Å². The Morgan fingerprint density at radius 2 is 2.17 bits per heavy atom. The van der Waals surface area contributed by atoms with Crippen molar-refractivity contribution in [3.05, 3.63) is 35.5 Å². The molecule has 0 aliphatic carbocycles. The lowest BCUT2D eigenvalue weighted by Gasteiger charge is -2.06. The summed E-state index contributed by atoms with van der Waals surface area (Å²) < 4.78 is 7.02. The highest BCUT2D eigenvalue weighted by atomic mass is 16.5. The van der Waals surface area contributed by atoms with E-state index in [9.17, 15) is 4.79 Å². The molecule has 0 aliphatic rings. The molecule has 0 N–H and O–H groups in total. The lowest BCUT2D eigenvalue weighted by atomic mass is 10.1. The largest absolute Gasteiger partial charge is 0.496 e. The maximum atomic E-state index is 11.0. The fourth-order valence-electron chi connectivity index (χ4n) is 1.93. The minimum Gasteiger partial charge on any atom is -0.496 e. The van der Waals surface area contributed by atoms with Gasteiger partial charge < -0.3 is 4.74 Å². The van der Waals surface area contributed by atoms with Crippen LogP contribution in [0.5, 0.6) is 5.75 Å². The number of carbonyl (C=O) groups excluding carboxylic acids is 1. The average Bonchev–Trinajstić information content (AvgIpc) is 2.81. The molecule has 0 saturated carbocycles. The average molecular weight is 244 g/mol. The van der Waals surface area contributed by atoms with E-state index in [1.807, 2.05) is 32.0 Å². The van der Waals surface area contributed by atoms with E-state index < -0.39 is 0 Å². The van der Waals surface area contributed by atoms with E-state index >= 15 is 0 Å². The normalized spacial score (nSPS) is 10.4. The summed E-state index contributed by atoms with van der Waals surface area (Å²) in [6.45, 7) is 4.64. The minimum absolute atomic E-state index is 0.580. The Bertz CT molecular complexity index is 573. The van der Waals surface area contributed by atoms with Crippen LogP contribution in [-0.4, -0.2) is 23.2 Å². The van der Waals surface area contributed by atoms with Crippen molar-refractivity contribution in [1.29, 1.82) is 0 Å². The first kappa shape index (κ1) is 12.4. The summed E-state index contributed by atoms with van der Waals surface area (Å²) in [5.41, 5.74) is 3.38. The summed E-state index contributed by atoms with van der Waals surface area (Å²) >= 11 is 0. The van der Waals surface area contributed by atoms with Gasteiger partial charge in [-0.3, -0.25) is 9.48 Å². The first-order chi connectivity index (χ1) is 8.69. The van der Waals surface area contributed by atoms with E-state index in [-0.39, 0.29) is 0 Å².